The Labute approximate surface area is 101 Å². The molecule has 2 unspecified atom stereocenters. The molecule has 0 aromatic heterocycles. The summed E-state index contributed by atoms with van der Waals surface area (Å²) in [6.07, 6.45) is 0. The van der Waals surface area contributed by atoms with Crippen molar-refractivity contribution in [3.05, 3.63) is 0 Å². The first-order chi connectivity index (χ1) is 6.44. The summed E-state index contributed by atoms with van der Waals surface area (Å²) < 4.78 is 0. The molecule has 0 N–H and O–H groups in total. The van der Waals surface area contributed by atoms with Crippen LogP contribution in [-0.2, 0) is 0 Å². The van der Waals surface area contributed by atoms with Gasteiger partial charge in [0.25, 0.3) is 0 Å². The van der Waals surface area contributed by atoms with Gasteiger partial charge in [-0.2, -0.15) is 0 Å². The van der Waals surface area contributed by atoms with Gasteiger partial charge in [-0.05, 0) is 32.7 Å². The van der Waals surface area contributed by atoms with Crippen molar-refractivity contribution in [3.63, 3.8) is 0 Å². The van der Waals surface area contributed by atoms with Crippen LogP contribution >= 0.6 is 0 Å². The lowest BCUT2D eigenvalue weighted by molar-refractivity contribution is 0.137. The Morgan fingerprint density at radius 3 is 1.27 bits per heavy atom. The van der Waals surface area contributed by atoms with Crippen LogP contribution in [0.25, 0.3) is 0 Å². The van der Waals surface area contributed by atoms with Crippen LogP contribution in [0.1, 0.15) is 20.8 Å². The second-order valence-electron chi connectivity index (χ2n) is 7.37. The van der Waals surface area contributed by atoms with Crippen LogP contribution < -0.4 is 0 Å². The Morgan fingerprint density at radius 1 is 0.867 bits per heavy atom. The van der Waals surface area contributed by atoms with Gasteiger partial charge in [0.05, 0.1) is 31.4 Å². The Bertz CT molecular complexity index is 238. The topological polar surface area (TPSA) is 3.24 Å². The minimum atomic E-state index is 0.268. The Kier molecular flexibility index (Phi) is 3.06. The van der Waals surface area contributed by atoms with E-state index in [0.717, 1.165) is 0 Å². The average molecular weight is 198 g/mol. The monoisotopic (exact) mass is 199 g/mol. The summed E-state index contributed by atoms with van der Waals surface area (Å²) in [5.41, 5.74) is 0.268. The number of hydrogen-bond acceptors (Lipinski definition) is 1. The molecule has 1 rings (SSSR count). The molecule has 0 radical (unpaired) electrons. The van der Waals surface area contributed by atoms with E-state index in [0.29, 0.717) is 22.3 Å². The van der Waals surface area contributed by atoms with E-state index >= 15 is 0 Å². The lowest BCUT2D eigenvalue weighted by Gasteiger charge is -2.42. The van der Waals surface area contributed by atoms with Crippen molar-refractivity contribution in [2.24, 2.45) is 0 Å². The first-order valence-electron chi connectivity index (χ1n) is 6.22. The summed E-state index contributed by atoms with van der Waals surface area (Å²) in [6, 6.07) is 0. The SMILES string of the molecule is BC1N(C(C)(C)C)C(B)C(B)(B)C1(B)B. The van der Waals surface area contributed by atoms with E-state index in [1.807, 2.05) is 0 Å². The van der Waals surface area contributed by atoms with Crippen LogP contribution in [0.15, 0.2) is 0 Å². The second-order valence-corrected chi connectivity index (χ2v) is 7.37. The van der Waals surface area contributed by atoms with Crippen LogP contribution in [0.4, 0.5) is 0 Å². The summed E-state index contributed by atoms with van der Waals surface area (Å²) >= 11 is 0. The quantitative estimate of drug-likeness (QED) is 0.357. The van der Waals surface area contributed by atoms with Gasteiger partial charge in [-0.15, -0.1) is 0 Å². The fraction of sp³-hybridized carbons (Fsp3) is 1.00. The van der Waals surface area contributed by atoms with Crippen molar-refractivity contribution in [2.45, 2.75) is 48.6 Å². The minimum Gasteiger partial charge on any atom is -0.310 e. The van der Waals surface area contributed by atoms with Gasteiger partial charge in [-0.25, -0.2) is 0 Å². The van der Waals surface area contributed by atoms with Crippen molar-refractivity contribution < 1.29 is 0 Å². The van der Waals surface area contributed by atoms with Gasteiger partial charge in [0.15, 0.2) is 0 Å². The highest BCUT2D eigenvalue weighted by molar-refractivity contribution is 6.58. The second kappa shape index (κ2) is 3.42. The molecule has 0 bridgehead atoms. The average Bonchev–Trinajstić information content (AvgIpc) is 2.10. The fourth-order valence-electron chi connectivity index (χ4n) is 3.27. The van der Waals surface area contributed by atoms with Gasteiger partial charge in [0.2, 0.25) is 0 Å². The number of nitrogens with zero attached hydrogens (tertiary/aromatic N) is 1. The highest BCUT2D eigenvalue weighted by Gasteiger charge is 2.56. The number of hydrogen-bond donors (Lipinski definition) is 0. The van der Waals surface area contributed by atoms with Crippen LogP contribution in [0, 0.1) is 0 Å². The van der Waals surface area contributed by atoms with Crippen LogP contribution in [0.5, 0.6) is 0 Å². The lowest BCUT2D eigenvalue weighted by Crippen LogP contribution is -2.51. The molecule has 2 atom stereocenters. The van der Waals surface area contributed by atoms with Crippen molar-refractivity contribution in [3.8, 4) is 0 Å². The molecule has 0 aromatic carbocycles. The largest absolute Gasteiger partial charge is 0.310 e. The zero-order chi connectivity index (χ0) is 12.2. The molecule has 1 heterocycles. The number of rotatable bonds is 0. The van der Waals surface area contributed by atoms with E-state index in [2.05, 4.69) is 72.7 Å². The standard InChI is InChI=1S/C8H23B6N/c1-6(2,3)15-4(9)7(11,12)8(13,14)5(15)10/h4-5H,9-14H2,1-3H3. The van der Waals surface area contributed by atoms with Gasteiger partial charge >= 0.3 is 0 Å². The molecule has 0 aromatic rings. The fourth-order valence-corrected chi connectivity index (χ4v) is 3.27. The molecular formula is C8H23B6N. The molecule has 1 fully saturated rings. The first-order valence-corrected chi connectivity index (χ1v) is 6.22. The first kappa shape index (κ1) is 13.4. The molecule has 1 aliphatic heterocycles. The molecule has 0 spiro atoms. The summed E-state index contributed by atoms with van der Waals surface area (Å²) in [6.45, 7) is 6.99. The van der Waals surface area contributed by atoms with E-state index in [4.69, 9.17) is 0 Å². The predicted octanol–water partition coefficient (Wildman–Crippen LogP) is -4.22. The van der Waals surface area contributed by atoms with Gasteiger partial charge in [-0.3, -0.25) is 0 Å². The molecule has 0 aliphatic carbocycles. The molecule has 0 amide bonds. The molecule has 78 valence electrons. The molecule has 1 nitrogen and oxygen atoms in total. The van der Waals surface area contributed by atoms with E-state index in [1.54, 1.807) is 0 Å². The smallest absolute Gasteiger partial charge is 0.122 e. The third-order valence-electron chi connectivity index (χ3n) is 5.36. The summed E-state index contributed by atoms with van der Waals surface area (Å²) in [5, 5.41) is 0.749. The molecule has 0 saturated carbocycles. The molecule has 1 aliphatic rings. The zero-order valence-corrected chi connectivity index (χ0v) is 12.1. The third-order valence-corrected chi connectivity index (χ3v) is 5.36. The van der Waals surface area contributed by atoms with Crippen molar-refractivity contribution >= 4 is 47.1 Å². The molecule has 1 saturated heterocycles. The normalized spacial score (nSPS) is 35.4. The Hall–Kier alpha value is 0.350. The summed E-state index contributed by atoms with van der Waals surface area (Å²) in [5.74, 6) is 1.28. The maximum Gasteiger partial charge on any atom is 0.122 e. The zero-order valence-electron chi connectivity index (χ0n) is 12.1. The molecule has 7 heteroatoms. The molecule has 15 heavy (non-hydrogen) atoms. The maximum atomic E-state index is 2.69. The van der Waals surface area contributed by atoms with Gasteiger partial charge in [0.1, 0.15) is 15.7 Å². The Balaban J connectivity index is 3.18. The van der Waals surface area contributed by atoms with Crippen molar-refractivity contribution in [1.29, 1.82) is 0 Å². The highest BCUT2D eigenvalue weighted by atomic mass is 15.3. The maximum absolute atomic E-state index is 2.69. The van der Waals surface area contributed by atoms with E-state index < -0.39 is 0 Å². The Morgan fingerprint density at radius 2 is 1.13 bits per heavy atom. The molecular weight excluding hydrogens is 175 g/mol. The van der Waals surface area contributed by atoms with Gasteiger partial charge in [-0.1, -0.05) is 10.4 Å². The minimum absolute atomic E-state index is 0.268. The van der Waals surface area contributed by atoms with Gasteiger partial charge in [0, 0.05) is 5.54 Å². The van der Waals surface area contributed by atoms with E-state index in [1.165, 1.54) is 0 Å². The predicted molar refractivity (Wildman–Crippen MR) is 85.8 cm³/mol. The van der Waals surface area contributed by atoms with E-state index in [-0.39, 0.29) is 5.54 Å². The van der Waals surface area contributed by atoms with Crippen molar-refractivity contribution in [2.75, 3.05) is 0 Å². The van der Waals surface area contributed by atoms with Crippen LogP contribution in [0.3, 0.4) is 0 Å². The highest BCUT2D eigenvalue weighted by Crippen LogP contribution is 2.56. The third kappa shape index (κ3) is 1.75. The van der Waals surface area contributed by atoms with Crippen LogP contribution in [-0.4, -0.2) is 69.4 Å². The number of likely N-dealkylation sites (tertiary alicyclic amines) is 1. The van der Waals surface area contributed by atoms with Gasteiger partial charge < -0.3 is 4.90 Å². The van der Waals surface area contributed by atoms with Crippen LogP contribution in [0.2, 0.25) is 10.4 Å². The van der Waals surface area contributed by atoms with E-state index in [9.17, 15) is 0 Å². The summed E-state index contributed by atoms with van der Waals surface area (Å²) in [4.78, 5) is 2.69. The van der Waals surface area contributed by atoms with Crippen molar-refractivity contribution in [1.82, 2.24) is 4.90 Å². The lowest BCUT2D eigenvalue weighted by atomic mass is 9.26. The summed E-state index contributed by atoms with van der Waals surface area (Å²) in [7, 11) is 14.4.